The van der Waals surface area contributed by atoms with Crippen LogP contribution in [0.15, 0.2) is 204 Å². The fourth-order valence-electron chi connectivity index (χ4n) is 8.88. The minimum Gasteiger partial charge on any atom is -0.457 e. The maximum Gasteiger partial charge on any atom is 0.244 e. The van der Waals surface area contributed by atoms with Gasteiger partial charge < -0.3 is 14.5 Å². The molecule has 1 aliphatic heterocycles. The quantitative estimate of drug-likeness (QED) is 0.114. The van der Waals surface area contributed by atoms with Crippen molar-refractivity contribution in [3.63, 3.8) is 0 Å². The van der Waals surface area contributed by atoms with Crippen LogP contribution >= 0.6 is 11.8 Å². The topological polar surface area (TPSA) is 15.7 Å². The Morgan fingerprint density at radius 1 is 0.387 bits per heavy atom. The van der Waals surface area contributed by atoms with Crippen LogP contribution in [-0.4, -0.2) is 6.71 Å². The highest BCUT2D eigenvalue weighted by molar-refractivity contribution is 8.00. The Bertz CT molecular complexity index is 2720. The molecule has 8 aromatic carbocycles. The number of benzene rings is 8. The van der Waals surface area contributed by atoms with E-state index in [-0.39, 0.29) is 6.71 Å². The second-order valence-corrected chi connectivity index (χ2v) is 18.2. The highest BCUT2D eigenvalue weighted by Crippen LogP contribution is 2.45. The van der Waals surface area contributed by atoms with Crippen LogP contribution in [0, 0.1) is 0 Å². The highest BCUT2D eigenvalue weighted by Gasteiger charge is 2.36. The molecule has 62 heavy (non-hydrogen) atoms. The fourth-order valence-corrected chi connectivity index (χ4v) is 10.0. The second-order valence-electron chi connectivity index (χ2n) is 17.1. The molecule has 0 N–H and O–H groups in total. The standard InChI is InChI=1S/C57H53BN2OS/c1-39(2)42-33-51(40(3)4)57(52(34-42)41(5)6)58-53-29-19-20-30-55(53)62-56-38-46(31-32-54(56)58)60(45-25-15-9-16-26-45)48-35-47(36-50(37-48)61-49-27-17-10-18-28-49)59(43-21-11-7-12-22-43)44-23-13-8-14-24-44/h7-41H,1-6H3. The van der Waals surface area contributed by atoms with Crippen LogP contribution < -0.4 is 30.9 Å². The van der Waals surface area contributed by atoms with Crippen LogP contribution in [0.1, 0.15) is 76.0 Å². The zero-order valence-electron chi connectivity index (χ0n) is 36.5. The first-order valence-corrected chi connectivity index (χ1v) is 22.8. The van der Waals surface area contributed by atoms with Crippen LogP contribution in [0.2, 0.25) is 0 Å². The zero-order valence-corrected chi connectivity index (χ0v) is 37.3. The van der Waals surface area contributed by atoms with Crippen molar-refractivity contribution in [2.75, 3.05) is 9.80 Å². The molecule has 9 rings (SSSR count). The van der Waals surface area contributed by atoms with Crippen molar-refractivity contribution < 1.29 is 4.74 Å². The van der Waals surface area contributed by atoms with Crippen molar-refractivity contribution in [2.24, 2.45) is 0 Å². The van der Waals surface area contributed by atoms with Gasteiger partial charge in [0, 0.05) is 44.7 Å². The Hall–Kier alpha value is -6.43. The molecule has 8 aromatic rings. The van der Waals surface area contributed by atoms with Crippen LogP contribution in [0.4, 0.5) is 34.1 Å². The van der Waals surface area contributed by atoms with Gasteiger partial charge in [0.15, 0.2) is 0 Å². The van der Waals surface area contributed by atoms with E-state index >= 15 is 0 Å². The van der Waals surface area contributed by atoms with E-state index in [9.17, 15) is 0 Å². The van der Waals surface area contributed by atoms with Crippen LogP contribution in [-0.2, 0) is 0 Å². The third-order valence-corrected chi connectivity index (χ3v) is 13.1. The van der Waals surface area contributed by atoms with Gasteiger partial charge >= 0.3 is 0 Å². The summed E-state index contributed by atoms with van der Waals surface area (Å²) < 4.78 is 6.72. The molecule has 306 valence electrons. The lowest BCUT2D eigenvalue weighted by atomic mass is 9.34. The molecule has 0 atom stereocenters. The fraction of sp³-hybridized carbons (Fsp3) is 0.158. The summed E-state index contributed by atoms with van der Waals surface area (Å²) in [5.41, 5.74) is 14.8. The van der Waals surface area contributed by atoms with E-state index in [0.29, 0.717) is 17.8 Å². The number of nitrogens with zero attached hydrogens (tertiary/aromatic N) is 2. The van der Waals surface area contributed by atoms with Crippen LogP contribution in [0.5, 0.6) is 11.5 Å². The average molecular weight is 825 g/mol. The molecule has 0 radical (unpaired) electrons. The second kappa shape index (κ2) is 17.9. The summed E-state index contributed by atoms with van der Waals surface area (Å²) >= 11 is 1.89. The average Bonchev–Trinajstić information content (AvgIpc) is 3.29. The molecule has 3 nitrogen and oxygen atoms in total. The molecule has 5 heteroatoms. The first-order valence-electron chi connectivity index (χ1n) is 21.9. The molecule has 1 aliphatic rings. The first-order chi connectivity index (χ1) is 30.2. The normalized spacial score (nSPS) is 12.0. The molecule has 0 aromatic heterocycles. The molecule has 0 amide bonds. The van der Waals surface area contributed by atoms with Crippen molar-refractivity contribution in [2.45, 2.75) is 69.1 Å². The predicted molar refractivity (Wildman–Crippen MR) is 266 cm³/mol. The Morgan fingerprint density at radius 3 is 1.37 bits per heavy atom. The summed E-state index contributed by atoms with van der Waals surface area (Å²) in [6.07, 6.45) is 0. The minimum absolute atomic E-state index is 0.109. The summed E-state index contributed by atoms with van der Waals surface area (Å²) in [5.74, 6) is 2.74. The highest BCUT2D eigenvalue weighted by atomic mass is 32.2. The predicted octanol–water partition coefficient (Wildman–Crippen LogP) is 14.8. The lowest BCUT2D eigenvalue weighted by Gasteiger charge is -2.33. The summed E-state index contributed by atoms with van der Waals surface area (Å²) in [4.78, 5) is 7.27. The van der Waals surface area contributed by atoms with Crippen molar-refractivity contribution >= 4 is 69.0 Å². The van der Waals surface area contributed by atoms with E-state index < -0.39 is 0 Å². The number of rotatable bonds is 12. The van der Waals surface area contributed by atoms with E-state index in [1.165, 1.54) is 42.9 Å². The third kappa shape index (κ3) is 8.30. The summed E-state index contributed by atoms with van der Waals surface area (Å²) in [6.45, 7) is 14.2. The number of fused-ring (bicyclic) bond motifs is 2. The molecule has 1 heterocycles. The van der Waals surface area contributed by atoms with E-state index in [1.54, 1.807) is 0 Å². The Balaban J connectivity index is 1.25. The number of anilines is 6. The van der Waals surface area contributed by atoms with Gasteiger partial charge in [-0.3, -0.25) is 0 Å². The summed E-state index contributed by atoms with van der Waals surface area (Å²) in [5, 5.41) is 0. The molecule has 0 fully saturated rings. The molecular formula is C57H53BN2OS. The Kier molecular flexibility index (Phi) is 11.8. The maximum atomic E-state index is 6.72. The van der Waals surface area contributed by atoms with E-state index in [0.717, 1.165) is 45.6 Å². The number of ether oxygens (including phenoxy) is 1. The smallest absolute Gasteiger partial charge is 0.244 e. The van der Waals surface area contributed by atoms with Crippen molar-refractivity contribution in [3.05, 3.63) is 211 Å². The summed E-state index contributed by atoms with van der Waals surface area (Å²) in [6, 6.07) is 69.7. The SMILES string of the molecule is CC(C)c1cc(C(C)C)c(B2c3ccccc3Sc3cc(N(c4ccccc4)c4cc(Oc5ccccc5)cc(N(c5ccccc5)c5ccccc5)c4)ccc32)c(C(C)C)c1. The largest absolute Gasteiger partial charge is 0.457 e. The van der Waals surface area contributed by atoms with E-state index in [4.69, 9.17) is 4.74 Å². The monoisotopic (exact) mass is 824 g/mol. The zero-order chi connectivity index (χ0) is 42.7. The van der Waals surface area contributed by atoms with Crippen LogP contribution in [0.3, 0.4) is 0 Å². The molecule has 0 saturated carbocycles. The molecule has 0 aliphatic carbocycles. The van der Waals surface area contributed by atoms with Gasteiger partial charge in [-0.1, -0.05) is 179 Å². The lowest BCUT2D eigenvalue weighted by molar-refractivity contribution is 0.483. The van der Waals surface area contributed by atoms with Gasteiger partial charge in [-0.15, -0.1) is 0 Å². The van der Waals surface area contributed by atoms with Gasteiger partial charge in [0.05, 0.1) is 11.4 Å². The van der Waals surface area contributed by atoms with Gasteiger partial charge in [0.2, 0.25) is 6.71 Å². The third-order valence-electron chi connectivity index (χ3n) is 11.9. The first kappa shape index (κ1) is 41.0. The van der Waals surface area contributed by atoms with Gasteiger partial charge in [-0.05, 0) is 107 Å². The minimum atomic E-state index is 0.109. The van der Waals surface area contributed by atoms with Crippen molar-refractivity contribution in [3.8, 4) is 11.5 Å². The van der Waals surface area contributed by atoms with Crippen molar-refractivity contribution in [1.29, 1.82) is 0 Å². The number of para-hydroxylation sites is 4. The molecular weight excluding hydrogens is 772 g/mol. The lowest BCUT2D eigenvalue weighted by Crippen LogP contribution is -2.57. The van der Waals surface area contributed by atoms with Gasteiger partial charge in [0.25, 0.3) is 0 Å². The Morgan fingerprint density at radius 2 is 0.855 bits per heavy atom. The Labute approximate surface area is 373 Å². The molecule has 0 saturated heterocycles. The van der Waals surface area contributed by atoms with Crippen molar-refractivity contribution in [1.82, 2.24) is 0 Å². The molecule has 0 unspecified atom stereocenters. The van der Waals surface area contributed by atoms with Crippen LogP contribution in [0.25, 0.3) is 0 Å². The van der Waals surface area contributed by atoms with E-state index in [1.807, 2.05) is 42.1 Å². The maximum absolute atomic E-state index is 6.72. The molecule has 0 spiro atoms. The number of hydrogen-bond acceptors (Lipinski definition) is 4. The molecule has 0 bridgehead atoms. The van der Waals surface area contributed by atoms with Gasteiger partial charge in [-0.2, -0.15) is 0 Å². The van der Waals surface area contributed by atoms with E-state index in [2.05, 4.69) is 215 Å². The van der Waals surface area contributed by atoms with Gasteiger partial charge in [-0.25, -0.2) is 0 Å². The number of hydrogen-bond donors (Lipinski definition) is 0. The summed E-state index contributed by atoms with van der Waals surface area (Å²) in [7, 11) is 0. The van der Waals surface area contributed by atoms with Gasteiger partial charge in [0.1, 0.15) is 11.5 Å².